The first-order chi connectivity index (χ1) is 17.4. The maximum absolute atomic E-state index is 13.4. The molecule has 1 amide bonds. The van der Waals surface area contributed by atoms with Crippen LogP contribution in [0.4, 0.5) is 0 Å². The fraction of sp³-hybridized carbons (Fsp3) is 0.0769. The van der Waals surface area contributed by atoms with Crippen LogP contribution in [0.25, 0.3) is 33.5 Å². The Morgan fingerprint density at radius 1 is 1.14 bits per heavy atom. The Morgan fingerprint density at radius 3 is 2.69 bits per heavy atom. The van der Waals surface area contributed by atoms with E-state index in [1.54, 1.807) is 30.3 Å². The molecule has 0 aliphatic heterocycles. The molecule has 3 aromatic carbocycles. The van der Waals surface area contributed by atoms with Gasteiger partial charge < -0.3 is 19.6 Å². The second kappa shape index (κ2) is 9.67. The monoisotopic (exact) mass is 546 g/mol. The number of nitrogens with zero attached hydrogens (tertiary/aromatic N) is 3. The van der Waals surface area contributed by atoms with Crippen LogP contribution in [0.5, 0.6) is 11.5 Å². The molecule has 9 nitrogen and oxygen atoms in total. The predicted molar refractivity (Wildman–Crippen MR) is 140 cm³/mol. The quantitative estimate of drug-likeness (QED) is 0.303. The zero-order valence-electron chi connectivity index (χ0n) is 19.0. The highest BCUT2D eigenvalue weighted by Gasteiger charge is 2.17. The van der Waals surface area contributed by atoms with Crippen LogP contribution in [0.3, 0.4) is 0 Å². The largest absolute Gasteiger partial charge is 0.493 e. The molecule has 36 heavy (non-hydrogen) atoms. The van der Waals surface area contributed by atoms with Crippen LogP contribution in [0.1, 0.15) is 5.56 Å². The molecule has 0 aliphatic carbocycles. The van der Waals surface area contributed by atoms with Crippen molar-refractivity contribution in [1.82, 2.24) is 9.66 Å². The van der Waals surface area contributed by atoms with Gasteiger partial charge in [-0.15, -0.1) is 0 Å². The van der Waals surface area contributed by atoms with Crippen LogP contribution < -0.4 is 20.8 Å². The van der Waals surface area contributed by atoms with E-state index in [-0.39, 0.29) is 18.0 Å². The topological polar surface area (TPSA) is 122 Å². The number of carbonyl (C=O) groups is 1. The number of benzene rings is 3. The molecule has 0 radical (unpaired) electrons. The van der Waals surface area contributed by atoms with Crippen LogP contribution >= 0.6 is 15.9 Å². The van der Waals surface area contributed by atoms with E-state index in [0.717, 1.165) is 5.39 Å². The minimum absolute atomic E-state index is 0.260. The van der Waals surface area contributed by atoms with Crippen molar-refractivity contribution in [3.05, 3.63) is 87.1 Å². The zero-order chi connectivity index (χ0) is 25.2. The van der Waals surface area contributed by atoms with E-state index >= 15 is 0 Å². The molecule has 0 fully saturated rings. The van der Waals surface area contributed by atoms with E-state index in [1.165, 1.54) is 18.0 Å². The van der Waals surface area contributed by atoms with Gasteiger partial charge in [0, 0.05) is 15.4 Å². The molecular formula is C26H19BrN4O5. The molecule has 5 aromatic rings. The number of carbonyl (C=O) groups excluding carboxylic acids is 1. The zero-order valence-corrected chi connectivity index (χ0v) is 20.6. The molecule has 0 bridgehead atoms. The summed E-state index contributed by atoms with van der Waals surface area (Å²) in [5, 5.41) is 5.77. The number of fused-ring (bicyclic) bond motifs is 2. The van der Waals surface area contributed by atoms with E-state index in [9.17, 15) is 9.59 Å². The summed E-state index contributed by atoms with van der Waals surface area (Å²) in [5.74, 6) is 0.744. The van der Waals surface area contributed by atoms with Gasteiger partial charge in [0.25, 0.3) is 11.5 Å². The molecule has 5 rings (SSSR count). The number of aromatic nitrogens is 2. The Bertz CT molecular complexity index is 1670. The Hall–Kier alpha value is -4.44. The number of hydrogen-bond donors (Lipinski definition) is 1. The number of halogens is 1. The lowest BCUT2D eigenvalue weighted by Gasteiger charge is -2.12. The molecule has 2 N–H and O–H groups in total. The molecule has 2 aromatic heterocycles. The third kappa shape index (κ3) is 4.46. The lowest BCUT2D eigenvalue weighted by atomic mass is 10.2. The first-order valence-corrected chi connectivity index (χ1v) is 11.6. The number of hydrogen-bond acceptors (Lipinski definition) is 7. The maximum Gasteiger partial charge on any atom is 0.282 e. The average Bonchev–Trinajstić information content (AvgIpc) is 3.31. The number of rotatable bonds is 7. The summed E-state index contributed by atoms with van der Waals surface area (Å²) >= 11 is 3.47. The molecule has 0 saturated carbocycles. The van der Waals surface area contributed by atoms with Gasteiger partial charge in [0.05, 0.1) is 24.2 Å². The van der Waals surface area contributed by atoms with Crippen molar-refractivity contribution >= 4 is 49.9 Å². The Kier molecular flexibility index (Phi) is 6.26. The summed E-state index contributed by atoms with van der Waals surface area (Å²) < 4.78 is 18.6. The average molecular weight is 547 g/mol. The fourth-order valence-corrected chi connectivity index (χ4v) is 4.10. The Labute approximate surface area is 212 Å². The highest BCUT2D eigenvalue weighted by atomic mass is 79.9. The maximum atomic E-state index is 13.4. The first-order valence-electron chi connectivity index (χ1n) is 10.8. The normalized spacial score (nSPS) is 11.4. The molecule has 0 saturated heterocycles. The van der Waals surface area contributed by atoms with Crippen LogP contribution in [-0.2, 0) is 4.79 Å². The molecule has 0 spiro atoms. The van der Waals surface area contributed by atoms with Crippen molar-refractivity contribution in [3.63, 3.8) is 0 Å². The lowest BCUT2D eigenvalue weighted by Crippen LogP contribution is -2.20. The summed E-state index contributed by atoms with van der Waals surface area (Å²) in [6.07, 6.45) is 1.49. The van der Waals surface area contributed by atoms with Crippen LogP contribution in [-0.4, -0.2) is 35.5 Å². The van der Waals surface area contributed by atoms with Gasteiger partial charge in [-0.25, -0.2) is 4.98 Å². The minimum atomic E-state index is -0.611. The summed E-state index contributed by atoms with van der Waals surface area (Å²) in [7, 11) is 1.47. The van der Waals surface area contributed by atoms with E-state index in [2.05, 4.69) is 26.0 Å². The van der Waals surface area contributed by atoms with Gasteiger partial charge in [0.2, 0.25) is 5.82 Å². The van der Waals surface area contributed by atoms with Gasteiger partial charge in [0.1, 0.15) is 5.58 Å². The Balaban J connectivity index is 1.64. The summed E-state index contributed by atoms with van der Waals surface area (Å²) in [6, 6.07) is 19.7. The van der Waals surface area contributed by atoms with Crippen molar-refractivity contribution < 1.29 is 18.7 Å². The van der Waals surface area contributed by atoms with Crippen LogP contribution in [0.2, 0.25) is 0 Å². The molecule has 180 valence electrons. The number of ether oxygens (including phenoxy) is 2. The summed E-state index contributed by atoms with van der Waals surface area (Å²) in [6.45, 7) is -0.296. The third-order valence-electron chi connectivity index (χ3n) is 5.36. The van der Waals surface area contributed by atoms with E-state index < -0.39 is 5.91 Å². The van der Waals surface area contributed by atoms with E-state index in [0.29, 0.717) is 43.8 Å². The highest BCUT2D eigenvalue weighted by Crippen LogP contribution is 2.33. The second-order valence-corrected chi connectivity index (χ2v) is 8.60. The first kappa shape index (κ1) is 23.3. The lowest BCUT2D eigenvalue weighted by molar-refractivity contribution is -0.119. The van der Waals surface area contributed by atoms with E-state index in [1.807, 2.05) is 36.4 Å². The van der Waals surface area contributed by atoms with Gasteiger partial charge in [-0.1, -0.05) is 30.3 Å². The molecule has 2 heterocycles. The Morgan fingerprint density at radius 2 is 1.92 bits per heavy atom. The minimum Gasteiger partial charge on any atom is -0.493 e. The number of furan rings is 1. The van der Waals surface area contributed by atoms with Gasteiger partial charge in [-0.05, 0) is 52.3 Å². The second-order valence-electron chi connectivity index (χ2n) is 7.74. The van der Waals surface area contributed by atoms with Crippen molar-refractivity contribution in [2.75, 3.05) is 13.7 Å². The van der Waals surface area contributed by atoms with E-state index in [4.69, 9.17) is 19.6 Å². The number of amides is 1. The van der Waals surface area contributed by atoms with Gasteiger partial charge in [0.15, 0.2) is 23.9 Å². The molecule has 0 unspecified atom stereocenters. The fourth-order valence-electron chi connectivity index (χ4n) is 3.67. The number of methoxy groups -OCH3 is 1. The molecule has 10 heteroatoms. The van der Waals surface area contributed by atoms with Crippen molar-refractivity contribution in [1.29, 1.82) is 0 Å². The number of nitrogens with two attached hydrogens (primary N) is 1. The predicted octanol–water partition coefficient (Wildman–Crippen LogP) is 4.33. The standard InChI is InChI=1S/C26H19BrN4O5/c1-34-21-11-16(18(27)12-22(21)35-14-24(28)32)13-29-31-25(23-10-15-6-2-5-9-20(15)36-23)30-19-8-4-3-7-17(19)26(31)33/h2-13H,14H2,1H3,(H2,28,32). The summed E-state index contributed by atoms with van der Waals surface area (Å²) in [4.78, 5) is 29.2. The van der Waals surface area contributed by atoms with Crippen molar-refractivity contribution in [3.8, 4) is 23.1 Å². The van der Waals surface area contributed by atoms with Crippen molar-refractivity contribution in [2.24, 2.45) is 10.8 Å². The van der Waals surface area contributed by atoms with Crippen molar-refractivity contribution in [2.45, 2.75) is 0 Å². The van der Waals surface area contributed by atoms with Gasteiger partial charge in [-0.3, -0.25) is 9.59 Å². The van der Waals surface area contributed by atoms with Crippen LogP contribution in [0.15, 0.2) is 85.5 Å². The van der Waals surface area contributed by atoms with Crippen LogP contribution in [0, 0.1) is 0 Å². The third-order valence-corrected chi connectivity index (χ3v) is 6.05. The number of para-hydroxylation sites is 2. The molecular weight excluding hydrogens is 528 g/mol. The van der Waals surface area contributed by atoms with Gasteiger partial charge in [-0.2, -0.15) is 9.78 Å². The molecule has 0 aliphatic rings. The van der Waals surface area contributed by atoms with Gasteiger partial charge >= 0.3 is 0 Å². The highest BCUT2D eigenvalue weighted by molar-refractivity contribution is 9.10. The smallest absolute Gasteiger partial charge is 0.282 e. The molecule has 0 atom stereocenters. The number of primary amides is 1. The summed E-state index contributed by atoms with van der Waals surface area (Å²) in [5.41, 5.74) is 6.61. The SMILES string of the molecule is COc1cc(C=Nn2c(-c3cc4ccccc4o3)nc3ccccc3c2=O)c(Br)cc1OCC(N)=O.